The van der Waals surface area contributed by atoms with E-state index < -0.39 is 15.7 Å². The zero-order valence-electron chi connectivity index (χ0n) is 18.4. The van der Waals surface area contributed by atoms with Gasteiger partial charge in [0.05, 0.1) is 5.52 Å². The fourth-order valence-corrected chi connectivity index (χ4v) is 4.16. The Bertz CT molecular complexity index is 1290. The number of hydrogen-bond donors (Lipinski definition) is 1. The van der Waals surface area contributed by atoms with Gasteiger partial charge in [-0.05, 0) is 55.2 Å². The summed E-state index contributed by atoms with van der Waals surface area (Å²) in [6.45, 7) is 1.85. The number of halogens is 1. The highest BCUT2D eigenvalue weighted by Gasteiger charge is 2.13. The van der Waals surface area contributed by atoms with Gasteiger partial charge in [0.1, 0.15) is 32.9 Å². The number of aryl methyl sites for hydroxylation is 1. The Morgan fingerprint density at radius 2 is 1.97 bits per heavy atom. The van der Waals surface area contributed by atoms with Crippen LogP contribution in [0.15, 0.2) is 42.6 Å². The van der Waals surface area contributed by atoms with Gasteiger partial charge in [-0.3, -0.25) is 14.6 Å². The van der Waals surface area contributed by atoms with Crippen molar-refractivity contribution < 1.29 is 27.1 Å². The Morgan fingerprint density at radius 3 is 2.67 bits per heavy atom. The monoisotopic (exact) mass is 472 g/mol. The number of nitrogens with one attached hydrogen (secondary N) is 1. The molecule has 1 heterocycles. The van der Waals surface area contributed by atoms with E-state index >= 15 is 0 Å². The molecule has 0 fully saturated rings. The number of unbranched alkanes of at least 4 members (excludes halogenated alkanes) is 1. The predicted octanol–water partition coefficient (Wildman–Crippen LogP) is 4.37. The van der Waals surface area contributed by atoms with Gasteiger partial charge in [-0.25, -0.2) is 12.8 Å². The van der Waals surface area contributed by atoms with E-state index in [4.69, 9.17) is 4.74 Å². The molecule has 0 unspecified atom stereocenters. The largest absolute Gasteiger partial charge is 0.456 e. The molecule has 0 aliphatic carbocycles. The lowest BCUT2D eigenvalue weighted by Crippen LogP contribution is -2.07. The number of amides is 1. The fraction of sp³-hybridized carbons (Fsp3) is 0.292. The highest BCUT2D eigenvalue weighted by atomic mass is 32.2. The molecule has 0 radical (unpaired) electrons. The SMILES string of the molecule is Cc1cc2nccc(Oc3ccc(CC(=O)CCCCS(C)(=O)=O)c(F)c3)c2cc1NC=O. The van der Waals surface area contributed by atoms with Crippen molar-refractivity contribution in [1.82, 2.24) is 4.98 Å². The fourth-order valence-electron chi connectivity index (χ4n) is 3.43. The maximum atomic E-state index is 14.6. The second-order valence-electron chi connectivity index (χ2n) is 7.91. The van der Waals surface area contributed by atoms with E-state index in [9.17, 15) is 22.4 Å². The van der Waals surface area contributed by atoms with E-state index in [2.05, 4.69) is 10.3 Å². The third-order valence-electron chi connectivity index (χ3n) is 5.12. The molecule has 0 spiro atoms. The lowest BCUT2D eigenvalue weighted by atomic mass is 10.0. The van der Waals surface area contributed by atoms with Crippen LogP contribution in [0.25, 0.3) is 10.9 Å². The quantitative estimate of drug-likeness (QED) is 0.328. The van der Waals surface area contributed by atoms with Crippen LogP contribution in [0, 0.1) is 12.7 Å². The number of hydrogen-bond acceptors (Lipinski definition) is 6. The lowest BCUT2D eigenvalue weighted by Gasteiger charge is -2.12. The van der Waals surface area contributed by atoms with Crippen molar-refractivity contribution in [2.24, 2.45) is 0 Å². The summed E-state index contributed by atoms with van der Waals surface area (Å²) in [6, 6.07) is 9.52. The lowest BCUT2D eigenvalue weighted by molar-refractivity contribution is -0.118. The zero-order chi connectivity index (χ0) is 24.0. The second kappa shape index (κ2) is 10.5. The summed E-state index contributed by atoms with van der Waals surface area (Å²) in [7, 11) is -3.05. The van der Waals surface area contributed by atoms with Crippen molar-refractivity contribution in [2.75, 3.05) is 17.3 Å². The molecule has 1 aromatic heterocycles. The molecule has 9 heteroatoms. The molecule has 0 aliphatic heterocycles. The first-order valence-electron chi connectivity index (χ1n) is 10.4. The number of anilines is 1. The summed E-state index contributed by atoms with van der Waals surface area (Å²) < 4.78 is 42.8. The average Bonchev–Trinajstić information content (AvgIpc) is 2.74. The molecule has 1 N–H and O–H groups in total. The van der Waals surface area contributed by atoms with E-state index in [1.54, 1.807) is 24.4 Å². The van der Waals surface area contributed by atoms with Crippen LogP contribution in [-0.4, -0.2) is 37.6 Å². The average molecular weight is 473 g/mol. The van der Waals surface area contributed by atoms with Crippen LogP contribution < -0.4 is 10.1 Å². The summed E-state index contributed by atoms with van der Waals surface area (Å²) in [6.07, 6.45) is 4.32. The van der Waals surface area contributed by atoms with Crippen LogP contribution in [0.3, 0.4) is 0 Å². The van der Waals surface area contributed by atoms with Crippen molar-refractivity contribution in [1.29, 1.82) is 0 Å². The molecule has 1 amide bonds. The summed E-state index contributed by atoms with van der Waals surface area (Å²) in [5.41, 5.74) is 2.38. The van der Waals surface area contributed by atoms with Gasteiger partial charge in [-0.1, -0.05) is 6.07 Å². The Kier molecular flexibility index (Phi) is 7.75. The molecular weight excluding hydrogens is 447 g/mol. The molecule has 3 aromatic rings. The number of nitrogens with zero attached hydrogens (tertiary/aromatic N) is 1. The number of carbonyl (C=O) groups excluding carboxylic acids is 2. The van der Waals surface area contributed by atoms with Gasteiger partial charge in [0.25, 0.3) is 0 Å². The van der Waals surface area contributed by atoms with Crippen LogP contribution in [-0.2, 0) is 25.8 Å². The first kappa shape index (κ1) is 24.3. The van der Waals surface area contributed by atoms with Crippen molar-refractivity contribution in [3.8, 4) is 11.5 Å². The number of rotatable bonds is 11. The number of fused-ring (bicyclic) bond motifs is 1. The van der Waals surface area contributed by atoms with E-state index in [-0.39, 0.29) is 35.7 Å². The molecule has 7 nitrogen and oxygen atoms in total. The summed E-state index contributed by atoms with van der Waals surface area (Å²) in [5.74, 6) is 0.0329. The minimum Gasteiger partial charge on any atom is -0.456 e. The van der Waals surface area contributed by atoms with Gasteiger partial charge >= 0.3 is 0 Å². The minimum atomic E-state index is -3.05. The van der Waals surface area contributed by atoms with Gasteiger partial charge < -0.3 is 10.1 Å². The van der Waals surface area contributed by atoms with Crippen molar-refractivity contribution in [3.63, 3.8) is 0 Å². The maximum absolute atomic E-state index is 14.6. The van der Waals surface area contributed by atoms with Gasteiger partial charge in [-0.15, -0.1) is 0 Å². The second-order valence-corrected chi connectivity index (χ2v) is 10.2. The minimum absolute atomic E-state index is 0.0383. The number of pyridine rings is 1. The van der Waals surface area contributed by atoms with Crippen LogP contribution in [0.5, 0.6) is 11.5 Å². The van der Waals surface area contributed by atoms with Crippen molar-refractivity contribution in [3.05, 3.63) is 59.5 Å². The van der Waals surface area contributed by atoms with E-state index in [0.717, 1.165) is 11.8 Å². The third kappa shape index (κ3) is 6.82. The van der Waals surface area contributed by atoms with Gasteiger partial charge in [0.2, 0.25) is 6.41 Å². The van der Waals surface area contributed by atoms with Crippen molar-refractivity contribution in [2.45, 2.75) is 32.6 Å². The zero-order valence-corrected chi connectivity index (χ0v) is 19.2. The topological polar surface area (TPSA) is 102 Å². The Hall–Kier alpha value is -3.33. The standard InChI is InChI=1S/C24H25FN2O5S/c1-16-11-23-20(14-22(16)27-15-28)24(8-9-26-23)32-19-7-6-17(21(25)13-19)12-18(29)5-3-4-10-33(2,30)31/h6-9,11,13-15H,3-5,10,12H2,1-2H3,(H,27,28). The van der Waals surface area contributed by atoms with Crippen LogP contribution in [0.2, 0.25) is 0 Å². The van der Waals surface area contributed by atoms with Gasteiger partial charge in [0, 0.05) is 48.2 Å². The molecule has 0 saturated carbocycles. The van der Waals surface area contributed by atoms with E-state index in [1.807, 2.05) is 13.0 Å². The van der Waals surface area contributed by atoms with E-state index in [1.165, 1.54) is 12.1 Å². The number of benzene rings is 2. The van der Waals surface area contributed by atoms with Gasteiger partial charge in [0.15, 0.2) is 0 Å². The summed E-state index contributed by atoms with van der Waals surface area (Å²) >= 11 is 0. The Labute approximate surface area is 191 Å². The third-order valence-corrected chi connectivity index (χ3v) is 6.15. The smallest absolute Gasteiger partial charge is 0.211 e. The molecule has 174 valence electrons. The molecule has 3 rings (SSSR count). The number of ketones is 1. The summed E-state index contributed by atoms with van der Waals surface area (Å²) in [5, 5.41) is 3.29. The normalized spacial score (nSPS) is 11.4. The van der Waals surface area contributed by atoms with Crippen LogP contribution >= 0.6 is 0 Å². The number of aromatic nitrogens is 1. The maximum Gasteiger partial charge on any atom is 0.211 e. The molecule has 0 bridgehead atoms. The molecular formula is C24H25FN2O5S. The summed E-state index contributed by atoms with van der Waals surface area (Å²) in [4.78, 5) is 27.3. The van der Waals surface area contributed by atoms with Gasteiger partial charge in [-0.2, -0.15) is 0 Å². The first-order valence-corrected chi connectivity index (χ1v) is 12.5. The highest BCUT2D eigenvalue weighted by molar-refractivity contribution is 7.90. The molecule has 33 heavy (non-hydrogen) atoms. The van der Waals surface area contributed by atoms with Crippen molar-refractivity contribution >= 4 is 38.6 Å². The highest BCUT2D eigenvalue weighted by Crippen LogP contribution is 2.32. The first-order chi connectivity index (χ1) is 15.7. The molecule has 0 aliphatic rings. The van der Waals surface area contributed by atoms with E-state index in [0.29, 0.717) is 41.6 Å². The Balaban J connectivity index is 1.70. The number of Topliss-reactive ketones (excluding diaryl/α,β-unsaturated/α-hetero) is 1. The van der Waals surface area contributed by atoms with Crippen LogP contribution in [0.4, 0.5) is 10.1 Å². The predicted molar refractivity (Wildman–Crippen MR) is 125 cm³/mol. The number of sulfone groups is 1. The van der Waals surface area contributed by atoms with Crippen LogP contribution in [0.1, 0.15) is 30.4 Å². The number of ether oxygens (including phenoxy) is 1. The number of carbonyl (C=O) groups is 2. The molecule has 0 atom stereocenters. The molecule has 2 aromatic carbocycles. The molecule has 0 saturated heterocycles. The Morgan fingerprint density at radius 1 is 1.18 bits per heavy atom.